The Bertz CT molecular complexity index is 751. The lowest BCUT2D eigenvalue weighted by atomic mass is 10.0. The highest BCUT2D eigenvalue weighted by Gasteiger charge is 2.43. The van der Waals surface area contributed by atoms with E-state index in [-0.39, 0.29) is 12.2 Å². The zero-order chi connectivity index (χ0) is 18.0. The van der Waals surface area contributed by atoms with Crippen molar-refractivity contribution in [2.24, 2.45) is 0 Å². The van der Waals surface area contributed by atoms with Crippen molar-refractivity contribution in [1.82, 2.24) is 19.5 Å². The summed E-state index contributed by atoms with van der Waals surface area (Å²) in [4.78, 5) is 22.6. The zero-order valence-corrected chi connectivity index (χ0v) is 13.5. The number of ether oxygens (including phenoxy) is 1. The molecule has 3 rings (SSSR count). The van der Waals surface area contributed by atoms with Crippen LogP contribution in [0.2, 0.25) is 0 Å². The second-order valence-corrected chi connectivity index (χ2v) is 6.12. The molecule has 0 amide bonds. The predicted molar refractivity (Wildman–Crippen MR) is 86.4 cm³/mol. The van der Waals surface area contributed by atoms with Crippen LogP contribution in [0.3, 0.4) is 0 Å². The standard InChI is InChI=1S/C15H21N5O5/c16-13-10-14(18-6-17-13)20(7-19-10)15-12(24)11(23)8(25-15)4-2-1-3-5-9(21)22/h6-8,11-12,15,23-24H,1-5H2,(H,21,22)(H2,16,17,18)/t8-,11?,12?,15-/m1/s1. The van der Waals surface area contributed by atoms with Crippen LogP contribution >= 0.6 is 0 Å². The summed E-state index contributed by atoms with van der Waals surface area (Å²) in [6.07, 6.45) is 1.87. The third kappa shape index (κ3) is 3.55. The van der Waals surface area contributed by atoms with Crippen molar-refractivity contribution in [3.05, 3.63) is 12.7 Å². The molecule has 1 aliphatic rings. The van der Waals surface area contributed by atoms with Gasteiger partial charge in [0.2, 0.25) is 0 Å². The van der Waals surface area contributed by atoms with E-state index >= 15 is 0 Å². The summed E-state index contributed by atoms with van der Waals surface area (Å²) in [7, 11) is 0. The first-order chi connectivity index (χ1) is 12.0. The summed E-state index contributed by atoms with van der Waals surface area (Å²) >= 11 is 0. The van der Waals surface area contributed by atoms with Crippen LogP contribution < -0.4 is 5.73 Å². The minimum absolute atomic E-state index is 0.126. The number of aliphatic hydroxyl groups is 2. The summed E-state index contributed by atoms with van der Waals surface area (Å²) in [5.74, 6) is -0.590. The van der Waals surface area contributed by atoms with Gasteiger partial charge in [-0.2, -0.15) is 0 Å². The number of carbonyl (C=O) groups is 1. The normalized spacial score (nSPS) is 26.3. The lowest BCUT2D eigenvalue weighted by molar-refractivity contribution is -0.137. The number of aromatic nitrogens is 4. The Labute approximate surface area is 143 Å². The van der Waals surface area contributed by atoms with Crippen molar-refractivity contribution >= 4 is 23.0 Å². The monoisotopic (exact) mass is 351 g/mol. The van der Waals surface area contributed by atoms with Gasteiger partial charge in [0, 0.05) is 6.42 Å². The number of anilines is 1. The topological polar surface area (TPSA) is 157 Å². The molecule has 1 saturated heterocycles. The fraction of sp³-hybridized carbons (Fsp3) is 0.600. The van der Waals surface area contributed by atoms with E-state index in [0.717, 1.165) is 6.42 Å². The third-order valence-corrected chi connectivity index (χ3v) is 4.38. The number of carboxylic acid groups (broad SMARTS) is 1. The van der Waals surface area contributed by atoms with Gasteiger partial charge in [0.25, 0.3) is 0 Å². The largest absolute Gasteiger partial charge is 0.481 e. The number of hydrogen-bond acceptors (Lipinski definition) is 8. The first kappa shape index (κ1) is 17.5. The average Bonchev–Trinajstić information content (AvgIpc) is 3.11. The van der Waals surface area contributed by atoms with Crippen LogP contribution in [0.4, 0.5) is 5.82 Å². The van der Waals surface area contributed by atoms with Crippen LogP contribution in [0, 0.1) is 0 Å². The second-order valence-electron chi connectivity index (χ2n) is 6.12. The SMILES string of the molecule is Nc1ncnc2c1ncn2[C@@H]1O[C@H](CCCCCC(=O)O)C(O)C1O. The first-order valence-corrected chi connectivity index (χ1v) is 8.15. The lowest BCUT2D eigenvalue weighted by Crippen LogP contribution is -2.31. The summed E-state index contributed by atoms with van der Waals surface area (Å²) in [6, 6.07) is 0. The average molecular weight is 351 g/mol. The Morgan fingerprint density at radius 3 is 2.76 bits per heavy atom. The maximum absolute atomic E-state index is 10.5. The number of unbranched alkanes of at least 4 members (excludes halogenated alkanes) is 2. The van der Waals surface area contributed by atoms with Crippen LogP contribution in [0.5, 0.6) is 0 Å². The van der Waals surface area contributed by atoms with Gasteiger partial charge in [0.05, 0.1) is 12.4 Å². The van der Waals surface area contributed by atoms with Crippen molar-refractivity contribution < 1.29 is 24.9 Å². The molecule has 1 fully saturated rings. The summed E-state index contributed by atoms with van der Waals surface area (Å²) in [5.41, 5.74) is 6.58. The van der Waals surface area contributed by atoms with E-state index in [1.54, 1.807) is 0 Å². The van der Waals surface area contributed by atoms with Crippen LogP contribution in [-0.2, 0) is 9.53 Å². The van der Waals surface area contributed by atoms with Crippen molar-refractivity contribution in [2.45, 2.75) is 56.6 Å². The van der Waals surface area contributed by atoms with Gasteiger partial charge in [-0.1, -0.05) is 12.8 Å². The molecule has 10 heteroatoms. The molecule has 2 unspecified atom stereocenters. The molecule has 0 aliphatic carbocycles. The van der Waals surface area contributed by atoms with Crippen molar-refractivity contribution in [3.8, 4) is 0 Å². The number of nitrogen functional groups attached to an aromatic ring is 1. The Hall–Kier alpha value is -2.30. The number of imidazole rings is 1. The van der Waals surface area contributed by atoms with Crippen LogP contribution in [0.25, 0.3) is 11.2 Å². The summed E-state index contributed by atoms with van der Waals surface area (Å²) in [5, 5.41) is 29.2. The van der Waals surface area contributed by atoms with Gasteiger partial charge < -0.3 is 25.8 Å². The van der Waals surface area contributed by atoms with Gasteiger partial charge in [0.15, 0.2) is 17.7 Å². The Morgan fingerprint density at radius 1 is 1.20 bits per heavy atom. The molecule has 2 aromatic heterocycles. The van der Waals surface area contributed by atoms with E-state index in [2.05, 4.69) is 15.0 Å². The molecule has 136 valence electrons. The van der Waals surface area contributed by atoms with Crippen molar-refractivity contribution in [3.63, 3.8) is 0 Å². The van der Waals surface area contributed by atoms with Crippen molar-refractivity contribution in [2.75, 3.05) is 5.73 Å². The molecule has 4 atom stereocenters. The summed E-state index contributed by atoms with van der Waals surface area (Å²) in [6.45, 7) is 0. The molecule has 0 radical (unpaired) electrons. The van der Waals surface area contributed by atoms with E-state index in [0.29, 0.717) is 30.4 Å². The van der Waals surface area contributed by atoms with Crippen LogP contribution in [0.15, 0.2) is 12.7 Å². The fourth-order valence-corrected chi connectivity index (χ4v) is 3.05. The Kier molecular flexibility index (Phi) is 5.11. The third-order valence-electron chi connectivity index (χ3n) is 4.38. The first-order valence-electron chi connectivity index (χ1n) is 8.15. The van der Waals surface area contributed by atoms with Crippen LogP contribution in [0.1, 0.15) is 38.3 Å². The highest BCUT2D eigenvalue weighted by Crippen LogP contribution is 2.33. The highest BCUT2D eigenvalue weighted by atomic mass is 16.6. The van der Waals surface area contributed by atoms with E-state index in [4.69, 9.17) is 15.6 Å². The molecule has 0 spiro atoms. The number of nitrogens with zero attached hydrogens (tertiary/aromatic N) is 4. The van der Waals surface area contributed by atoms with Gasteiger partial charge >= 0.3 is 5.97 Å². The van der Waals surface area contributed by atoms with E-state index in [9.17, 15) is 15.0 Å². The molecular formula is C15H21N5O5. The maximum Gasteiger partial charge on any atom is 0.303 e. The van der Waals surface area contributed by atoms with Gasteiger partial charge in [-0.3, -0.25) is 9.36 Å². The molecule has 0 saturated carbocycles. The highest BCUT2D eigenvalue weighted by molar-refractivity contribution is 5.81. The molecule has 3 heterocycles. The molecule has 10 nitrogen and oxygen atoms in total. The predicted octanol–water partition coefficient (Wildman–Crippen LogP) is 0.0628. The smallest absolute Gasteiger partial charge is 0.303 e. The zero-order valence-electron chi connectivity index (χ0n) is 13.5. The minimum Gasteiger partial charge on any atom is -0.481 e. The quantitative estimate of drug-likeness (QED) is 0.506. The summed E-state index contributed by atoms with van der Waals surface area (Å²) < 4.78 is 7.34. The number of hydrogen-bond donors (Lipinski definition) is 4. The minimum atomic E-state index is -1.13. The number of rotatable bonds is 7. The molecule has 2 aromatic rings. The van der Waals surface area contributed by atoms with Gasteiger partial charge in [-0.15, -0.1) is 0 Å². The molecular weight excluding hydrogens is 330 g/mol. The van der Waals surface area contributed by atoms with Crippen molar-refractivity contribution in [1.29, 1.82) is 0 Å². The Balaban J connectivity index is 1.65. The Morgan fingerprint density at radius 2 is 2.00 bits per heavy atom. The van der Waals surface area contributed by atoms with Crippen LogP contribution in [-0.4, -0.2) is 59.1 Å². The van der Waals surface area contributed by atoms with Gasteiger partial charge in [-0.25, -0.2) is 15.0 Å². The van der Waals surface area contributed by atoms with Gasteiger partial charge in [-0.05, 0) is 12.8 Å². The van der Waals surface area contributed by atoms with E-state index in [1.165, 1.54) is 17.2 Å². The molecule has 5 N–H and O–H groups in total. The molecule has 0 aromatic carbocycles. The number of aliphatic hydroxyl groups excluding tert-OH is 2. The molecule has 0 bridgehead atoms. The van der Waals surface area contributed by atoms with E-state index < -0.39 is 30.5 Å². The molecule has 1 aliphatic heterocycles. The number of nitrogens with two attached hydrogens (primary N) is 1. The lowest BCUT2D eigenvalue weighted by Gasteiger charge is -2.16. The fourth-order valence-electron chi connectivity index (χ4n) is 3.05. The van der Waals surface area contributed by atoms with E-state index in [1.807, 2.05) is 0 Å². The molecule has 25 heavy (non-hydrogen) atoms. The number of carboxylic acids is 1. The second kappa shape index (κ2) is 7.30. The van der Waals surface area contributed by atoms with Gasteiger partial charge in [0.1, 0.15) is 24.1 Å². The maximum atomic E-state index is 10.5. The number of aliphatic carboxylic acids is 1. The number of fused-ring (bicyclic) bond motifs is 1.